The highest BCUT2D eigenvalue weighted by molar-refractivity contribution is 5.81. The largest absolute Gasteiger partial charge is 0.371 e. The molecule has 2 aromatic carbocycles. The second-order valence-corrected chi connectivity index (χ2v) is 6.61. The van der Waals surface area contributed by atoms with Crippen LogP contribution in [0.1, 0.15) is 6.42 Å². The summed E-state index contributed by atoms with van der Waals surface area (Å²) >= 11 is 0. The predicted octanol–water partition coefficient (Wildman–Crippen LogP) is 3.63. The molecule has 1 amide bonds. The molecule has 5 heteroatoms. The van der Waals surface area contributed by atoms with E-state index in [1.54, 1.807) is 17.0 Å². The lowest BCUT2D eigenvalue weighted by Gasteiger charge is -2.18. The number of nitrogens with one attached hydrogen (secondary N) is 1. The van der Waals surface area contributed by atoms with Crippen molar-refractivity contribution in [3.05, 3.63) is 73.1 Å². The molecule has 1 atom stereocenters. The van der Waals surface area contributed by atoms with Crippen LogP contribution in [-0.4, -0.2) is 35.2 Å². The van der Waals surface area contributed by atoms with Gasteiger partial charge in [-0.25, -0.2) is 9.78 Å². The second kappa shape index (κ2) is 7.44. The topological polar surface area (TPSA) is 50.2 Å². The van der Waals surface area contributed by atoms with Gasteiger partial charge in [0, 0.05) is 43.3 Å². The summed E-state index contributed by atoms with van der Waals surface area (Å²) in [5.41, 5.74) is 2.19. The maximum absolute atomic E-state index is 12.6. The van der Waals surface area contributed by atoms with Gasteiger partial charge in [-0.2, -0.15) is 0 Å². The monoisotopic (exact) mass is 346 g/mol. The number of hydrogen-bond donors (Lipinski definition) is 1. The fraction of sp³-hybridized carbons (Fsp3) is 0.238. The van der Waals surface area contributed by atoms with Gasteiger partial charge in [-0.05, 0) is 24.5 Å². The van der Waals surface area contributed by atoms with Crippen molar-refractivity contribution in [2.24, 2.45) is 5.92 Å². The minimum Gasteiger partial charge on any atom is -0.371 e. The first-order chi connectivity index (χ1) is 12.8. The molecule has 2 heterocycles. The van der Waals surface area contributed by atoms with Crippen LogP contribution in [0.5, 0.6) is 0 Å². The molecule has 1 unspecified atom stereocenters. The molecule has 132 valence electrons. The number of rotatable bonds is 4. The first-order valence-electron chi connectivity index (χ1n) is 8.98. The number of carbonyl (C=O) groups is 1. The lowest BCUT2D eigenvalue weighted by molar-refractivity contribution is 0.241. The van der Waals surface area contributed by atoms with Gasteiger partial charge in [-0.15, -0.1) is 0 Å². The highest BCUT2D eigenvalue weighted by Crippen LogP contribution is 2.23. The molecule has 1 fully saturated rings. The molecule has 0 spiro atoms. The first-order valence-corrected chi connectivity index (χ1v) is 8.98. The van der Waals surface area contributed by atoms with E-state index in [1.165, 1.54) is 5.69 Å². The van der Waals surface area contributed by atoms with Crippen LogP contribution in [0.3, 0.4) is 0 Å². The minimum atomic E-state index is -0.125. The number of para-hydroxylation sites is 1. The zero-order chi connectivity index (χ0) is 17.8. The molecule has 5 nitrogen and oxygen atoms in total. The SMILES string of the molecule is O=C(NCC1CCN(c2ccccc2)C1)n1ccnc1-c1ccccc1. The smallest absolute Gasteiger partial charge is 0.327 e. The third-order valence-corrected chi connectivity index (χ3v) is 4.84. The number of hydrogen-bond acceptors (Lipinski definition) is 3. The van der Waals surface area contributed by atoms with Crippen LogP contribution in [0, 0.1) is 5.92 Å². The molecule has 4 rings (SSSR count). The van der Waals surface area contributed by atoms with E-state index < -0.39 is 0 Å². The number of aromatic nitrogens is 2. The molecule has 1 aliphatic rings. The number of benzene rings is 2. The van der Waals surface area contributed by atoms with Crippen molar-refractivity contribution in [3.8, 4) is 11.4 Å². The molecule has 0 saturated carbocycles. The lowest BCUT2D eigenvalue weighted by atomic mass is 10.1. The van der Waals surface area contributed by atoms with Gasteiger partial charge in [0.05, 0.1) is 0 Å². The van der Waals surface area contributed by atoms with Crippen molar-refractivity contribution in [3.63, 3.8) is 0 Å². The maximum atomic E-state index is 12.6. The van der Waals surface area contributed by atoms with E-state index in [9.17, 15) is 4.79 Å². The minimum absolute atomic E-state index is 0.125. The summed E-state index contributed by atoms with van der Waals surface area (Å²) in [5, 5.41) is 3.07. The van der Waals surface area contributed by atoms with E-state index in [4.69, 9.17) is 0 Å². The van der Waals surface area contributed by atoms with Crippen molar-refractivity contribution in [2.45, 2.75) is 6.42 Å². The number of amides is 1. The fourth-order valence-corrected chi connectivity index (χ4v) is 3.46. The second-order valence-electron chi connectivity index (χ2n) is 6.61. The van der Waals surface area contributed by atoms with Crippen molar-refractivity contribution in [1.82, 2.24) is 14.9 Å². The van der Waals surface area contributed by atoms with Crippen LogP contribution < -0.4 is 10.2 Å². The Morgan fingerprint density at radius 1 is 1.08 bits per heavy atom. The third-order valence-electron chi connectivity index (χ3n) is 4.84. The van der Waals surface area contributed by atoms with Crippen molar-refractivity contribution in [1.29, 1.82) is 0 Å². The lowest BCUT2D eigenvalue weighted by Crippen LogP contribution is -2.34. The average Bonchev–Trinajstić information content (AvgIpc) is 3.37. The molecule has 1 aliphatic heterocycles. The molecule has 1 aromatic heterocycles. The normalized spacial score (nSPS) is 16.6. The maximum Gasteiger partial charge on any atom is 0.327 e. The summed E-state index contributed by atoms with van der Waals surface area (Å²) in [7, 11) is 0. The van der Waals surface area contributed by atoms with Crippen molar-refractivity contribution >= 4 is 11.7 Å². The molecule has 1 N–H and O–H groups in total. The average molecular weight is 346 g/mol. The quantitative estimate of drug-likeness (QED) is 0.785. The fourth-order valence-electron chi connectivity index (χ4n) is 3.46. The van der Waals surface area contributed by atoms with Crippen molar-refractivity contribution in [2.75, 3.05) is 24.5 Å². The Morgan fingerprint density at radius 2 is 1.81 bits per heavy atom. The summed E-state index contributed by atoms with van der Waals surface area (Å²) in [5.74, 6) is 1.13. The van der Waals surface area contributed by atoms with Gasteiger partial charge in [0.2, 0.25) is 0 Å². The third kappa shape index (κ3) is 3.47. The van der Waals surface area contributed by atoms with Crippen LogP contribution >= 0.6 is 0 Å². The Morgan fingerprint density at radius 3 is 2.58 bits per heavy atom. The van der Waals surface area contributed by atoms with Crippen LogP contribution in [0.25, 0.3) is 11.4 Å². The van der Waals surface area contributed by atoms with E-state index in [0.717, 1.165) is 25.1 Å². The number of imidazole rings is 1. The zero-order valence-electron chi connectivity index (χ0n) is 14.6. The van der Waals surface area contributed by atoms with E-state index in [-0.39, 0.29) is 6.03 Å². The van der Waals surface area contributed by atoms with Gasteiger partial charge in [0.25, 0.3) is 0 Å². The van der Waals surface area contributed by atoms with Crippen LogP contribution in [0.2, 0.25) is 0 Å². The summed E-state index contributed by atoms with van der Waals surface area (Å²) in [6.45, 7) is 2.68. The van der Waals surface area contributed by atoms with Crippen LogP contribution in [0.15, 0.2) is 73.1 Å². The number of anilines is 1. The van der Waals surface area contributed by atoms with Gasteiger partial charge >= 0.3 is 6.03 Å². The molecule has 26 heavy (non-hydrogen) atoms. The first kappa shape index (κ1) is 16.4. The predicted molar refractivity (Wildman–Crippen MR) is 103 cm³/mol. The summed E-state index contributed by atoms with van der Waals surface area (Å²) in [6.07, 6.45) is 4.46. The van der Waals surface area contributed by atoms with Crippen molar-refractivity contribution < 1.29 is 4.79 Å². The van der Waals surface area contributed by atoms with Crippen LogP contribution in [-0.2, 0) is 0 Å². The molecule has 3 aromatic rings. The summed E-state index contributed by atoms with van der Waals surface area (Å²) in [6, 6.07) is 20.1. The molecule has 0 radical (unpaired) electrons. The van der Waals surface area contributed by atoms with E-state index in [2.05, 4.69) is 39.5 Å². The number of carbonyl (C=O) groups excluding carboxylic acids is 1. The van der Waals surface area contributed by atoms with Gasteiger partial charge in [0.15, 0.2) is 0 Å². The summed E-state index contributed by atoms with van der Waals surface area (Å²) in [4.78, 5) is 19.3. The molecule has 0 bridgehead atoms. The Hall–Kier alpha value is -3.08. The Kier molecular flexibility index (Phi) is 4.69. The highest BCUT2D eigenvalue weighted by Gasteiger charge is 2.23. The standard InChI is InChI=1S/C21H22N4O/c26-21(25-14-12-22-20(25)18-7-3-1-4-8-18)23-15-17-11-13-24(16-17)19-9-5-2-6-10-19/h1-10,12,14,17H,11,13,15-16H2,(H,23,26). The van der Waals surface area contributed by atoms with Gasteiger partial charge in [-0.3, -0.25) is 4.57 Å². The van der Waals surface area contributed by atoms with E-state index in [0.29, 0.717) is 18.3 Å². The van der Waals surface area contributed by atoms with Gasteiger partial charge < -0.3 is 10.2 Å². The Bertz CT molecular complexity index is 860. The Balaban J connectivity index is 1.36. The summed E-state index contributed by atoms with van der Waals surface area (Å²) < 4.78 is 1.58. The van der Waals surface area contributed by atoms with Gasteiger partial charge in [-0.1, -0.05) is 48.5 Å². The molecule has 1 saturated heterocycles. The van der Waals surface area contributed by atoms with E-state index >= 15 is 0 Å². The van der Waals surface area contributed by atoms with Gasteiger partial charge in [0.1, 0.15) is 5.82 Å². The molecular formula is C21H22N4O. The molecular weight excluding hydrogens is 324 g/mol. The molecule has 0 aliphatic carbocycles. The Labute approximate surface area is 153 Å². The highest BCUT2D eigenvalue weighted by atomic mass is 16.2. The number of nitrogens with zero attached hydrogens (tertiary/aromatic N) is 3. The van der Waals surface area contributed by atoms with E-state index in [1.807, 2.05) is 36.4 Å². The van der Waals surface area contributed by atoms with Crippen LogP contribution in [0.4, 0.5) is 10.5 Å². The zero-order valence-corrected chi connectivity index (χ0v) is 14.6.